The Balaban J connectivity index is 1.49. The van der Waals surface area contributed by atoms with Crippen molar-refractivity contribution >= 4 is 5.91 Å². The summed E-state index contributed by atoms with van der Waals surface area (Å²) in [6, 6.07) is 7.20. The summed E-state index contributed by atoms with van der Waals surface area (Å²) in [4.78, 5) is 19.5. The van der Waals surface area contributed by atoms with Crippen LogP contribution >= 0.6 is 0 Å². The number of hydrogen-bond acceptors (Lipinski definition) is 5. The normalized spacial score (nSPS) is 16.9. The molecule has 0 radical (unpaired) electrons. The molecular weight excluding hydrogens is 418 g/mol. The number of ether oxygens (including phenoxy) is 1. The maximum absolute atomic E-state index is 14.1. The molecule has 1 aliphatic rings. The number of piperidine rings is 1. The zero-order valence-electron chi connectivity index (χ0n) is 16.1. The van der Waals surface area contributed by atoms with Crippen LogP contribution in [0.15, 0.2) is 48.9 Å². The molecule has 3 aromatic rings. The SMILES string of the molecule is O=C(c1ccccc1-n1nccn1)N1CCCC(Oc2ncc(C(F)(F)F)cc2F)C1. The quantitative estimate of drug-likeness (QED) is 0.587. The highest BCUT2D eigenvalue weighted by atomic mass is 19.4. The molecule has 2 aromatic heterocycles. The third kappa shape index (κ3) is 4.49. The van der Waals surface area contributed by atoms with Crippen molar-refractivity contribution in [1.29, 1.82) is 0 Å². The number of hydrogen-bond donors (Lipinski definition) is 0. The number of amides is 1. The fourth-order valence-electron chi connectivity index (χ4n) is 3.38. The number of rotatable bonds is 4. The number of alkyl halides is 3. The third-order valence-corrected chi connectivity index (χ3v) is 4.85. The smallest absolute Gasteiger partial charge is 0.417 e. The van der Waals surface area contributed by atoms with Gasteiger partial charge in [-0.15, -0.1) is 0 Å². The van der Waals surface area contributed by atoms with E-state index in [0.717, 1.165) is 0 Å². The highest BCUT2D eigenvalue weighted by molar-refractivity contribution is 5.97. The Morgan fingerprint density at radius 3 is 2.61 bits per heavy atom. The maximum atomic E-state index is 14.1. The Morgan fingerprint density at radius 1 is 1.16 bits per heavy atom. The van der Waals surface area contributed by atoms with Gasteiger partial charge < -0.3 is 9.64 Å². The summed E-state index contributed by atoms with van der Waals surface area (Å²) < 4.78 is 57.7. The Labute approximate surface area is 174 Å². The fraction of sp³-hybridized carbons (Fsp3) is 0.300. The molecule has 0 aliphatic carbocycles. The lowest BCUT2D eigenvalue weighted by Gasteiger charge is -2.33. The van der Waals surface area contributed by atoms with Gasteiger partial charge in [0.05, 0.1) is 35.8 Å². The maximum Gasteiger partial charge on any atom is 0.417 e. The van der Waals surface area contributed by atoms with E-state index in [0.29, 0.717) is 42.9 Å². The van der Waals surface area contributed by atoms with Gasteiger partial charge in [-0.1, -0.05) is 12.1 Å². The number of carbonyl (C=O) groups is 1. The molecule has 1 atom stereocenters. The van der Waals surface area contributed by atoms with Gasteiger partial charge in [-0.3, -0.25) is 4.79 Å². The fourth-order valence-corrected chi connectivity index (χ4v) is 3.38. The first kappa shape index (κ1) is 20.8. The van der Waals surface area contributed by atoms with Crippen molar-refractivity contribution < 1.29 is 27.1 Å². The summed E-state index contributed by atoms with van der Waals surface area (Å²) in [7, 11) is 0. The lowest BCUT2D eigenvalue weighted by molar-refractivity contribution is -0.138. The zero-order valence-corrected chi connectivity index (χ0v) is 16.1. The van der Waals surface area contributed by atoms with Crippen LogP contribution in [0.3, 0.4) is 0 Å². The van der Waals surface area contributed by atoms with Gasteiger partial charge in [0, 0.05) is 12.7 Å². The van der Waals surface area contributed by atoms with E-state index in [-0.39, 0.29) is 12.5 Å². The van der Waals surface area contributed by atoms with Gasteiger partial charge in [0.15, 0.2) is 5.82 Å². The number of para-hydroxylation sites is 1. The molecule has 1 amide bonds. The second-order valence-corrected chi connectivity index (χ2v) is 6.98. The van der Waals surface area contributed by atoms with Crippen molar-refractivity contribution in [3.63, 3.8) is 0 Å². The predicted octanol–water partition coefficient (Wildman–Crippen LogP) is 3.50. The van der Waals surface area contributed by atoms with E-state index >= 15 is 0 Å². The zero-order chi connectivity index (χ0) is 22.0. The molecule has 1 unspecified atom stereocenters. The van der Waals surface area contributed by atoms with Crippen LogP contribution in [0.1, 0.15) is 28.8 Å². The molecule has 1 saturated heterocycles. The first-order chi connectivity index (χ1) is 14.8. The number of nitrogens with zero attached hydrogens (tertiary/aromatic N) is 5. The van der Waals surface area contributed by atoms with Crippen LogP contribution in [0.25, 0.3) is 5.69 Å². The number of carbonyl (C=O) groups excluding carboxylic acids is 1. The average molecular weight is 435 g/mol. The van der Waals surface area contributed by atoms with E-state index in [1.807, 2.05) is 0 Å². The number of pyridine rings is 1. The summed E-state index contributed by atoms with van der Waals surface area (Å²) in [5.74, 6) is -2.00. The van der Waals surface area contributed by atoms with Crippen molar-refractivity contribution in [2.75, 3.05) is 13.1 Å². The molecule has 31 heavy (non-hydrogen) atoms. The number of halogens is 4. The molecule has 7 nitrogen and oxygen atoms in total. The van der Waals surface area contributed by atoms with Gasteiger partial charge in [-0.05, 0) is 31.0 Å². The molecule has 1 aliphatic heterocycles. The summed E-state index contributed by atoms with van der Waals surface area (Å²) in [6.07, 6.45) is -0.689. The minimum atomic E-state index is -4.70. The van der Waals surface area contributed by atoms with Crippen LogP contribution in [-0.2, 0) is 6.18 Å². The highest BCUT2D eigenvalue weighted by Crippen LogP contribution is 2.31. The van der Waals surface area contributed by atoms with E-state index in [1.54, 1.807) is 29.2 Å². The lowest BCUT2D eigenvalue weighted by atomic mass is 10.1. The van der Waals surface area contributed by atoms with E-state index in [2.05, 4.69) is 15.2 Å². The summed E-state index contributed by atoms with van der Waals surface area (Å²) in [6.45, 7) is 0.602. The monoisotopic (exact) mass is 435 g/mol. The molecule has 1 fully saturated rings. The van der Waals surface area contributed by atoms with Crippen LogP contribution in [0.5, 0.6) is 5.88 Å². The number of likely N-dealkylation sites (tertiary alicyclic amines) is 1. The van der Waals surface area contributed by atoms with E-state index in [4.69, 9.17) is 4.74 Å². The minimum Gasteiger partial charge on any atom is -0.470 e. The lowest BCUT2D eigenvalue weighted by Crippen LogP contribution is -2.44. The largest absolute Gasteiger partial charge is 0.470 e. The second-order valence-electron chi connectivity index (χ2n) is 6.98. The summed E-state index contributed by atoms with van der Waals surface area (Å²) >= 11 is 0. The molecule has 1 aromatic carbocycles. The molecule has 11 heteroatoms. The second kappa shape index (κ2) is 8.32. The van der Waals surface area contributed by atoms with Gasteiger partial charge in [-0.2, -0.15) is 28.2 Å². The first-order valence-corrected chi connectivity index (χ1v) is 9.47. The Bertz CT molecular complexity index is 1070. The van der Waals surface area contributed by atoms with Crippen LogP contribution in [0.4, 0.5) is 17.6 Å². The van der Waals surface area contributed by atoms with Crippen LogP contribution in [0.2, 0.25) is 0 Å². The number of aromatic nitrogens is 4. The van der Waals surface area contributed by atoms with E-state index in [9.17, 15) is 22.4 Å². The summed E-state index contributed by atoms with van der Waals surface area (Å²) in [5, 5.41) is 8.12. The van der Waals surface area contributed by atoms with Gasteiger partial charge in [0.25, 0.3) is 11.8 Å². The van der Waals surface area contributed by atoms with Crippen molar-refractivity contribution in [2.45, 2.75) is 25.1 Å². The van der Waals surface area contributed by atoms with Gasteiger partial charge >= 0.3 is 6.18 Å². The third-order valence-electron chi connectivity index (χ3n) is 4.85. The Hall–Kier alpha value is -3.50. The van der Waals surface area contributed by atoms with Gasteiger partial charge in [-0.25, -0.2) is 9.37 Å². The van der Waals surface area contributed by atoms with Gasteiger partial charge in [0.2, 0.25) is 0 Å². The Morgan fingerprint density at radius 2 is 1.90 bits per heavy atom. The molecule has 162 valence electrons. The van der Waals surface area contributed by atoms with Gasteiger partial charge in [0.1, 0.15) is 6.10 Å². The first-order valence-electron chi connectivity index (χ1n) is 9.47. The van der Waals surface area contributed by atoms with Crippen molar-refractivity contribution in [2.24, 2.45) is 0 Å². The average Bonchev–Trinajstić information content (AvgIpc) is 3.29. The molecule has 0 saturated carbocycles. The Kier molecular flexibility index (Phi) is 5.57. The minimum absolute atomic E-state index is 0.141. The summed E-state index contributed by atoms with van der Waals surface area (Å²) in [5.41, 5.74) is -0.296. The van der Waals surface area contributed by atoms with Crippen LogP contribution < -0.4 is 4.74 Å². The highest BCUT2D eigenvalue weighted by Gasteiger charge is 2.33. The van der Waals surface area contributed by atoms with Crippen LogP contribution in [0, 0.1) is 5.82 Å². The topological polar surface area (TPSA) is 73.1 Å². The number of benzene rings is 1. The van der Waals surface area contributed by atoms with Crippen LogP contribution in [-0.4, -0.2) is 50.0 Å². The van der Waals surface area contributed by atoms with E-state index < -0.39 is 29.5 Å². The molecular formula is C20H17F4N5O2. The van der Waals surface area contributed by atoms with Crippen molar-refractivity contribution in [1.82, 2.24) is 24.9 Å². The standard InChI is InChI=1S/C20H17F4N5O2/c21-16-10-13(20(22,23)24)11-25-18(16)31-14-4-3-9-28(12-14)19(30)15-5-1-2-6-17(15)29-26-7-8-27-29/h1-2,5-8,10-11,14H,3-4,9,12H2. The molecule has 3 heterocycles. The van der Waals surface area contributed by atoms with Crippen molar-refractivity contribution in [3.8, 4) is 11.6 Å². The van der Waals surface area contributed by atoms with Crippen molar-refractivity contribution in [3.05, 3.63) is 65.9 Å². The predicted molar refractivity (Wildman–Crippen MR) is 100 cm³/mol. The van der Waals surface area contributed by atoms with E-state index in [1.165, 1.54) is 17.2 Å². The molecule has 0 bridgehead atoms. The molecule has 0 spiro atoms. The molecule has 0 N–H and O–H groups in total. The molecule has 4 rings (SSSR count).